The fraction of sp³-hybridized carbons (Fsp3) is 0.762. The summed E-state index contributed by atoms with van der Waals surface area (Å²) in [4.78, 5) is 38.2. The molecule has 0 aromatic heterocycles. The van der Waals surface area contributed by atoms with Crippen LogP contribution in [-0.4, -0.2) is 39.3 Å². The number of fused-ring (bicyclic) bond motifs is 5. The minimum Gasteiger partial charge on any atom is -0.389 e. The number of allylic oxidation sites excluding steroid dienone is 1. The number of hydrogen-bond acceptors (Lipinski definition) is 5. The molecule has 5 nitrogen and oxygen atoms in total. The van der Waals surface area contributed by atoms with E-state index in [4.69, 9.17) is 0 Å². The molecule has 0 amide bonds. The number of rotatable bonds is 1. The van der Waals surface area contributed by atoms with Crippen LogP contribution in [-0.2, 0) is 14.4 Å². The Morgan fingerprint density at radius 3 is 2.38 bits per heavy atom. The van der Waals surface area contributed by atoms with Crippen LogP contribution in [0.5, 0.6) is 0 Å². The van der Waals surface area contributed by atoms with Gasteiger partial charge in [0.2, 0.25) is 11.6 Å². The molecule has 7 atom stereocenters. The predicted octanol–water partition coefficient (Wildman–Crippen LogP) is 1.99. The van der Waals surface area contributed by atoms with Crippen molar-refractivity contribution < 1.29 is 24.6 Å². The first kappa shape index (κ1) is 18.1. The smallest absolute Gasteiger partial charge is 0.225 e. The molecular formula is C21H28O5. The Balaban J connectivity index is 1.80. The highest BCUT2D eigenvalue weighted by molar-refractivity contribution is 6.45. The SMILES string of the molecule is CC(=O)[C@@]1(O)CC[C@H]2[C@@H]3C(=O)C(=O)C4=C[C@@H](O)CC[C@]4(C)[C@H]3CC[C@@]21C. The van der Waals surface area contributed by atoms with Gasteiger partial charge in [-0.05, 0) is 68.8 Å². The molecule has 0 heterocycles. The molecule has 3 saturated carbocycles. The molecule has 0 spiro atoms. The van der Waals surface area contributed by atoms with E-state index in [1.807, 2.05) is 6.92 Å². The van der Waals surface area contributed by atoms with E-state index in [0.717, 1.165) is 6.42 Å². The summed E-state index contributed by atoms with van der Waals surface area (Å²) >= 11 is 0. The summed E-state index contributed by atoms with van der Waals surface area (Å²) in [5.41, 5.74) is -1.95. The van der Waals surface area contributed by atoms with Gasteiger partial charge in [-0.25, -0.2) is 0 Å². The van der Waals surface area contributed by atoms with Crippen LogP contribution in [0.25, 0.3) is 0 Å². The summed E-state index contributed by atoms with van der Waals surface area (Å²) < 4.78 is 0. The monoisotopic (exact) mass is 360 g/mol. The van der Waals surface area contributed by atoms with Gasteiger partial charge >= 0.3 is 0 Å². The van der Waals surface area contributed by atoms with Crippen molar-refractivity contribution in [1.82, 2.24) is 0 Å². The van der Waals surface area contributed by atoms with Gasteiger partial charge in [0.25, 0.3) is 0 Å². The average molecular weight is 360 g/mol. The van der Waals surface area contributed by atoms with Crippen LogP contribution in [0.3, 0.4) is 0 Å². The molecule has 142 valence electrons. The minimum atomic E-state index is -1.40. The summed E-state index contributed by atoms with van der Waals surface area (Å²) in [6.45, 7) is 5.41. The second-order valence-corrected chi connectivity index (χ2v) is 9.45. The standard InChI is InChI=1S/C21H28O5/c1-11(22)21(26)9-6-14-16-13(5-8-20(14,21)3)19(2)7-4-12(23)10-15(19)17(24)18(16)25/h10,12-14,16,23,26H,4-9H2,1-3H3/t12-,13-,14-,16+,19+,20-,21-/m0/s1. The Bertz CT molecular complexity index is 739. The molecule has 0 aliphatic heterocycles. The first-order chi connectivity index (χ1) is 12.1. The van der Waals surface area contributed by atoms with E-state index in [-0.39, 0.29) is 23.4 Å². The second kappa shape index (κ2) is 5.35. The van der Waals surface area contributed by atoms with Gasteiger partial charge in [-0.15, -0.1) is 0 Å². The summed E-state index contributed by atoms with van der Waals surface area (Å²) in [5.74, 6) is -1.60. The minimum absolute atomic E-state index is 0.0406. The van der Waals surface area contributed by atoms with Crippen molar-refractivity contribution in [2.45, 2.75) is 71.0 Å². The predicted molar refractivity (Wildman–Crippen MR) is 94.1 cm³/mol. The number of hydrogen-bond donors (Lipinski definition) is 2. The van der Waals surface area contributed by atoms with Gasteiger partial charge in [0.1, 0.15) is 5.60 Å². The fourth-order valence-electron chi connectivity index (χ4n) is 6.87. The summed E-state index contributed by atoms with van der Waals surface area (Å²) in [7, 11) is 0. The summed E-state index contributed by atoms with van der Waals surface area (Å²) in [5, 5.41) is 21.1. The molecule has 0 bridgehead atoms. The van der Waals surface area contributed by atoms with E-state index < -0.39 is 34.2 Å². The Hall–Kier alpha value is -1.33. The second-order valence-electron chi connectivity index (χ2n) is 9.45. The van der Waals surface area contributed by atoms with Gasteiger partial charge in [-0.3, -0.25) is 14.4 Å². The quantitative estimate of drug-likeness (QED) is 0.698. The number of carbonyl (C=O) groups is 3. The lowest BCUT2D eigenvalue weighted by Gasteiger charge is -2.57. The zero-order chi connectivity index (χ0) is 19.1. The lowest BCUT2D eigenvalue weighted by atomic mass is 9.45. The first-order valence-electron chi connectivity index (χ1n) is 9.78. The molecule has 4 aliphatic rings. The molecular weight excluding hydrogens is 332 g/mol. The lowest BCUT2D eigenvalue weighted by molar-refractivity contribution is -0.167. The topological polar surface area (TPSA) is 91.7 Å². The maximum absolute atomic E-state index is 13.1. The van der Waals surface area contributed by atoms with E-state index in [1.54, 1.807) is 6.08 Å². The van der Waals surface area contributed by atoms with Crippen molar-refractivity contribution in [2.24, 2.45) is 28.6 Å². The van der Waals surface area contributed by atoms with Gasteiger partial charge in [-0.1, -0.05) is 13.8 Å². The molecule has 26 heavy (non-hydrogen) atoms. The molecule has 0 radical (unpaired) electrons. The van der Waals surface area contributed by atoms with Gasteiger partial charge in [0.15, 0.2) is 5.78 Å². The third-order valence-corrected chi connectivity index (χ3v) is 8.53. The summed E-state index contributed by atoms with van der Waals surface area (Å²) in [6, 6.07) is 0. The number of ketones is 3. The Labute approximate surface area is 153 Å². The van der Waals surface area contributed by atoms with Crippen LogP contribution in [0.1, 0.15) is 59.3 Å². The van der Waals surface area contributed by atoms with E-state index >= 15 is 0 Å². The first-order valence-corrected chi connectivity index (χ1v) is 9.78. The van der Waals surface area contributed by atoms with Crippen LogP contribution in [0.4, 0.5) is 0 Å². The Kier molecular flexibility index (Phi) is 3.72. The molecule has 0 saturated heterocycles. The average Bonchev–Trinajstić information content (AvgIpc) is 2.87. The number of carbonyl (C=O) groups excluding carboxylic acids is 3. The zero-order valence-corrected chi connectivity index (χ0v) is 15.7. The van der Waals surface area contributed by atoms with Crippen LogP contribution in [0.15, 0.2) is 11.6 Å². The third-order valence-electron chi connectivity index (χ3n) is 8.53. The molecule has 2 N–H and O–H groups in total. The van der Waals surface area contributed by atoms with Crippen molar-refractivity contribution in [3.05, 3.63) is 11.6 Å². The van der Waals surface area contributed by atoms with Gasteiger partial charge in [0, 0.05) is 16.9 Å². The van der Waals surface area contributed by atoms with E-state index in [0.29, 0.717) is 37.7 Å². The van der Waals surface area contributed by atoms with Crippen molar-refractivity contribution >= 4 is 17.3 Å². The molecule has 0 unspecified atom stereocenters. The van der Waals surface area contributed by atoms with Gasteiger partial charge in [0.05, 0.1) is 6.10 Å². The normalized spacial score (nSPS) is 50.6. The maximum atomic E-state index is 13.1. The van der Waals surface area contributed by atoms with Crippen LogP contribution in [0.2, 0.25) is 0 Å². The van der Waals surface area contributed by atoms with Crippen LogP contribution >= 0.6 is 0 Å². The van der Waals surface area contributed by atoms with Crippen LogP contribution in [0, 0.1) is 28.6 Å². The summed E-state index contributed by atoms with van der Waals surface area (Å²) in [6.07, 6.45) is 4.60. The zero-order valence-electron chi connectivity index (χ0n) is 15.7. The van der Waals surface area contributed by atoms with Crippen molar-refractivity contribution in [3.8, 4) is 0 Å². The molecule has 0 aromatic rings. The molecule has 3 fully saturated rings. The van der Waals surface area contributed by atoms with Crippen molar-refractivity contribution in [2.75, 3.05) is 0 Å². The van der Waals surface area contributed by atoms with Crippen molar-refractivity contribution in [1.29, 1.82) is 0 Å². The largest absolute Gasteiger partial charge is 0.389 e. The Morgan fingerprint density at radius 1 is 1.08 bits per heavy atom. The molecule has 4 aliphatic carbocycles. The highest BCUT2D eigenvalue weighted by Gasteiger charge is 2.68. The fourth-order valence-corrected chi connectivity index (χ4v) is 6.87. The number of Topliss-reactive ketones (excluding diaryl/α,β-unsaturated/α-hetero) is 3. The van der Waals surface area contributed by atoms with Gasteiger partial charge in [-0.2, -0.15) is 0 Å². The van der Waals surface area contributed by atoms with Crippen molar-refractivity contribution in [3.63, 3.8) is 0 Å². The number of aliphatic hydroxyl groups is 2. The highest BCUT2D eigenvalue weighted by atomic mass is 16.3. The molecule has 5 heteroatoms. The maximum Gasteiger partial charge on any atom is 0.225 e. The highest BCUT2D eigenvalue weighted by Crippen LogP contribution is 2.66. The van der Waals surface area contributed by atoms with Gasteiger partial charge < -0.3 is 10.2 Å². The Morgan fingerprint density at radius 2 is 1.73 bits per heavy atom. The van der Waals surface area contributed by atoms with E-state index in [9.17, 15) is 24.6 Å². The number of aliphatic hydroxyl groups excluding tert-OH is 1. The molecule has 4 rings (SSSR count). The third kappa shape index (κ3) is 1.96. The lowest BCUT2D eigenvalue weighted by Crippen LogP contribution is -2.61. The molecule has 0 aromatic carbocycles. The van der Waals surface area contributed by atoms with E-state index in [1.165, 1.54) is 6.92 Å². The van der Waals surface area contributed by atoms with Crippen LogP contribution < -0.4 is 0 Å². The van der Waals surface area contributed by atoms with E-state index in [2.05, 4.69) is 6.92 Å².